The highest BCUT2D eigenvalue weighted by Crippen LogP contribution is 2.23. The second-order valence-corrected chi connectivity index (χ2v) is 6.90. The van der Waals surface area contributed by atoms with Crippen molar-refractivity contribution in [2.75, 3.05) is 26.2 Å². The number of carboxylic acid groups (broad SMARTS) is 1. The molecule has 2 rings (SSSR count). The van der Waals surface area contributed by atoms with E-state index in [2.05, 4.69) is 4.90 Å². The molecule has 1 unspecified atom stereocenters. The summed E-state index contributed by atoms with van der Waals surface area (Å²) < 4.78 is 0. The highest BCUT2D eigenvalue weighted by molar-refractivity contribution is 7.14. The average molecular weight is 310 g/mol. The van der Waals surface area contributed by atoms with Gasteiger partial charge in [-0.25, -0.2) is 0 Å². The Kier molecular flexibility index (Phi) is 5.00. The Balaban J connectivity index is 1.93. The predicted octanol–water partition coefficient (Wildman–Crippen LogP) is 1.99. The van der Waals surface area contributed by atoms with Crippen LogP contribution >= 0.6 is 11.3 Å². The molecule has 1 fully saturated rings. The van der Waals surface area contributed by atoms with Crippen LogP contribution in [0.15, 0.2) is 6.07 Å². The molecular weight excluding hydrogens is 288 g/mol. The lowest BCUT2D eigenvalue weighted by Crippen LogP contribution is -2.51. The molecule has 5 nitrogen and oxygen atoms in total. The Bertz CT molecular complexity index is 533. The van der Waals surface area contributed by atoms with Gasteiger partial charge >= 0.3 is 5.97 Å². The van der Waals surface area contributed by atoms with Crippen LogP contribution in [0, 0.1) is 13.8 Å². The number of carboxylic acids is 1. The number of aliphatic carboxylic acids is 1. The molecule has 0 bridgehead atoms. The number of rotatable bonds is 4. The second-order valence-electron chi connectivity index (χ2n) is 5.64. The van der Waals surface area contributed by atoms with Gasteiger partial charge in [0, 0.05) is 37.1 Å². The fraction of sp³-hybridized carbons (Fsp3) is 0.600. The van der Waals surface area contributed by atoms with Crippen LogP contribution in [0.25, 0.3) is 0 Å². The highest BCUT2D eigenvalue weighted by Gasteiger charge is 2.27. The van der Waals surface area contributed by atoms with Gasteiger partial charge in [0.2, 0.25) is 0 Å². The van der Waals surface area contributed by atoms with Gasteiger partial charge < -0.3 is 10.0 Å². The quantitative estimate of drug-likeness (QED) is 0.924. The van der Waals surface area contributed by atoms with Gasteiger partial charge in [0.1, 0.15) is 0 Å². The largest absolute Gasteiger partial charge is 0.481 e. The minimum Gasteiger partial charge on any atom is -0.481 e. The van der Waals surface area contributed by atoms with Crippen LogP contribution in [0.5, 0.6) is 0 Å². The molecule has 0 aliphatic carbocycles. The Morgan fingerprint density at radius 3 is 2.38 bits per heavy atom. The van der Waals surface area contributed by atoms with Gasteiger partial charge in [-0.3, -0.25) is 14.5 Å². The summed E-state index contributed by atoms with van der Waals surface area (Å²) in [6.07, 6.45) is 0.150. The first-order chi connectivity index (χ1) is 9.88. The minimum absolute atomic E-state index is 0.0190. The van der Waals surface area contributed by atoms with Gasteiger partial charge in [0.25, 0.3) is 5.91 Å². The lowest BCUT2D eigenvalue weighted by atomic mass is 10.1. The number of hydrogen-bond acceptors (Lipinski definition) is 4. The van der Waals surface area contributed by atoms with Gasteiger partial charge in [-0.2, -0.15) is 0 Å². The van der Waals surface area contributed by atoms with Crippen molar-refractivity contribution in [3.05, 3.63) is 21.4 Å². The molecule has 1 aromatic heterocycles. The van der Waals surface area contributed by atoms with Crippen molar-refractivity contribution in [3.8, 4) is 0 Å². The van der Waals surface area contributed by atoms with Crippen molar-refractivity contribution in [3.63, 3.8) is 0 Å². The summed E-state index contributed by atoms with van der Waals surface area (Å²) in [5.41, 5.74) is 1.05. The van der Waals surface area contributed by atoms with E-state index in [-0.39, 0.29) is 18.4 Å². The monoisotopic (exact) mass is 310 g/mol. The Labute approximate surface area is 129 Å². The zero-order chi connectivity index (χ0) is 15.6. The fourth-order valence-corrected chi connectivity index (χ4v) is 3.74. The van der Waals surface area contributed by atoms with Crippen LogP contribution in [0.4, 0.5) is 0 Å². The van der Waals surface area contributed by atoms with Gasteiger partial charge in [-0.1, -0.05) is 0 Å². The van der Waals surface area contributed by atoms with Crippen molar-refractivity contribution in [1.29, 1.82) is 0 Å². The standard InChI is InChI=1S/C15H22N2O3S/c1-10-8-12(3)21-14(10)15(20)17-6-4-16(5-7-17)11(2)9-13(18)19/h8,11H,4-7,9H2,1-3H3,(H,18,19). The summed E-state index contributed by atoms with van der Waals surface area (Å²) in [6.45, 7) is 8.73. The fourth-order valence-electron chi connectivity index (χ4n) is 2.74. The molecule has 1 aliphatic rings. The first kappa shape index (κ1) is 16.0. The highest BCUT2D eigenvalue weighted by atomic mass is 32.1. The maximum absolute atomic E-state index is 12.5. The summed E-state index contributed by atoms with van der Waals surface area (Å²) in [6, 6.07) is 2.06. The van der Waals surface area contributed by atoms with Gasteiger partial charge in [-0.05, 0) is 32.4 Å². The molecule has 0 aromatic carbocycles. The number of amides is 1. The molecule has 0 radical (unpaired) electrons. The van der Waals surface area contributed by atoms with E-state index in [9.17, 15) is 9.59 Å². The molecule has 1 aliphatic heterocycles. The third kappa shape index (κ3) is 3.83. The molecular formula is C15H22N2O3S. The number of hydrogen-bond donors (Lipinski definition) is 1. The van der Waals surface area contributed by atoms with Gasteiger partial charge in [-0.15, -0.1) is 11.3 Å². The van der Waals surface area contributed by atoms with E-state index in [1.54, 1.807) is 11.3 Å². The van der Waals surface area contributed by atoms with Crippen LogP contribution in [0.2, 0.25) is 0 Å². The number of aryl methyl sites for hydroxylation is 2. The van der Waals surface area contributed by atoms with Gasteiger partial charge in [0.05, 0.1) is 11.3 Å². The maximum Gasteiger partial charge on any atom is 0.304 e. The smallest absolute Gasteiger partial charge is 0.304 e. The predicted molar refractivity (Wildman–Crippen MR) is 83.0 cm³/mol. The van der Waals surface area contributed by atoms with Crippen molar-refractivity contribution in [2.24, 2.45) is 0 Å². The van der Waals surface area contributed by atoms with Crippen molar-refractivity contribution >= 4 is 23.2 Å². The molecule has 1 N–H and O–H groups in total. The summed E-state index contributed by atoms with van der Waals surface area (Å²) >= 11 is 1.55. The molecule has 2 heterocycles. The van der Waals surface area contributed by atoms with Gasteiger partial charge in [0.15, 0.2) is 0 Å². The van der Waals surface area contributed by atoms with E-state index in [0.29, 0.717) is 13.1 Å². The third-order valence-electron chi connectivity index (χ3n) is 3.93. The SMILES string of the molecule is Cc1cc(C)c(C(=O)N2CCN(C(C)CC(=O)O)CC2)s1. The second kappa shape index (κ2) is 6.58. The van der Waals surface area contributed by atoms with E-state index in [0.717, 1.165) is 28.4 Å². The first-order valence-electron chi connectivity index (χ1n) is 7.20. The molecule has 0 saturated carbocycles. The van der Waals surface area contributed by atoms with E-state index in [1.165, 1.54) is 0 Å². The van der Waals surface area contributed by atoms with Crippen molar-refractivity contribution < 1.29 is 14.7 Å². The van der Waals surface area contributed by atoms with E-state index >= 15 is 0 Å². The summed E-state index contributed by atoms with van der Waals surface area (Å²) in [5, 5.41) is 8.85. The Morgan fingerprint density at radius 1 is 1.29 bits per heavy atom. The molecule has 0 spiro atoms. The first-order valence-corrected chi connectivity index (χ1v) is 8.02. The molecule has 116 valence electrons. The number of thiophene rings is 1. The number of nitrogens with zero attached hydrogens (tertiary/aromatic N) is 2. The summed E-state index contributed by atoms with van der Waals surface area (Å²) in [7, 11) is 0. The molecule has 6 heteroatoms. The number of piperazine rings is 1. The zero-order valence-electron chi connectivity index (χ0n) is 12.8. The van der Waals surface area contributed by atoms with Crippen LogP contribution in [-0.2, 0) is 4.79 Å². The lowest BCUT2D eigenvalue weighted by Gasteiger charge is -2.37. The topological polar surface area (TPSA) is 60.9 Å². The van der Waals surface area contributed by atoms with Crippen LogP contribution in [0.1, 0.15) is 33.5 Å². The van der Waals surface area contributed by atoms with E-state index in [4.69, 9.17) is 5.11 Å². The van der Waals surface area contributed by atoms with E-state index < -0.39 is 5.97 Å². The van der Waals surface area contributed by atoms with Crippen LogP contribution in [-0.4, -0.2) is 59.0 Å². The van der Waals surface area contributed by atoms with Crippen molar-refractivity contribution in [2.45, 2.75) is 33.2 Å². The normalized spacial score (nSPS) is 17.8. The summed E-state index contributed by atoms with van der Waals surface area (Å²) in [5.74, 6) is -0.665. The minimum atomic E-state index is -0.773. The Hall–Kier alpha value is -1.40. The molecule has 1 aromatic rings. The molecule has 1 amide bonds. The van der Waals surface area contributed by atoms with Crippen molar-refractivity contribution in [1.82, 2.24) is 9.80 Å². The number of carbonyl (C=O) groups is 2. The lowest BCUT2D eigenvalue weighted by molar-refractivity contribution is -0.138. The number of carbonyl (C=O) groups excluding carboxylic acids is 1. The molecule has 21 heavy (non-hydrogen) atoms. The zero-order valence-corrected chi connectivity index (χ0v) is 13.6. The average Bonchev–Trinajstić information content (AvgIpc) is 2.76. The molecule has 1 saturated heterocycles. The van der Waals surface area contributed by atoms with E-state index in [1.807, 2.05) is 31.7 Å². The Morgan fingerprint density at radius 2 is 1.90 bits per heavy atom. The molecule has 1 atom stereocenters. The maximum atomic E-state index is 12.5. The third-order valence-corrected chi connectivity index (χ3v) is 5.07. The van der Waals surface area contributed by atoms with Crippen LogP contribution < -0.4 is 0 Å². The van der Waals surface area contributed by atoms with Crippen LogP contribution in [0.3, 0.4) is 0 Å². The summed E-state index contributed by atoms with van der Waals surface area (Å²) in [4.78, 5) is 29.3.